The van der Waals surface area contributed by atoms with Crippen molar-refractivity contribution in [2.45, 2.75) is 49.5 Å². The van der Waals surface area contributed by atoms with Crippen molar-refractivity contribution in [2.24, 2.45) is 0 Å². The van der Waals surface area contributed by atoms with Crippen LogP contribution in [0.3, 0.4) is 0 Å². The van der Waals surface area contributed by atoms with Gasteiger partial charge >= 0.3 is 0 Å². The standard InChI is InChI=1S/C18H22OS/c1-13(2)15-10-11-17(19-14(3)4)18(12-15)20-16-8-6-5-7-9-16/h5-14H,1-4H3. The van der Waals surface area contributed by atoms with Crippen LogP contribution in [0.5, 0.6) is 5.75 Å². The van der Waals surface area contributed by atoms with Crippen molar-refractivity contribution in [3.05, 3.63) is 54.1 Å². The zero-order chi connectivity index (χ0) is 14.5. The second kappa shape index (κ2) is 6.85. The van der Waals surface area contributed by atoms with Crippen molar-refractivity contribution in [3.8, 4) is 5.75 Å². The lowest BCUT2D eigenvalue weighted by Crippen LogP contribution is -2.06. The van der Waals surface area contributed by atoms with E-state index >= 15 is 0 Å². The van der Waals surface area contributed by atoms with E-state index in [0.29, 0.717) is 5.92 Å². The molecule has 0 aliphatic rings. The first-order valence-electron chi connectivity index (χ1n) is 7.09. The number of hydrogen-bond acceptors (Lipinski definition) is 2. The molecule has 0 bridgehead atoms. The molecule has 2 aromatic carbocycles. The van der Waals surface area contributed by atoms with E-state index in [9.17, 15) is 0 Å². The summed E-state index contributed by atoms with van der Waals surface area (Å²) >= 11 is 1.76. The third kappa shape index (κ3) is 4.04. The first kappa shape index (κ1) is 15.0. The maximum Gasteiger partial charge on any atom is 0.133 e. The van der Waals surface area contributed by atoms with Crippen molar-refractivity contribution < 1.29 is 4.74 Å². The Morgan fingerprint density at radius 3 is 2.20 bits per heavy atom. The minimum Gasteiger partial charge on any atom is -0.490 e. The summed E-state index contributed by atoms with van der Waals surface area (Å²) in [5.74, 6) is 1.50. The number of rotatable bonds is 5. The van der Waals surface area contributed by atoms with Gasteiger partial charge < -0.3 is 4.74 Å². The predicted molar refractivity (Wildman–Crippen MR) is 86.9 cm³/mol. The fourth-order valence-corrected chi connectivity index (χ4v) is 2.89. The Labute approximate surface area is 126 Å². The molecule has 2 heteroatoms. The second-order valence-corrected chi connectivity index (χ2v) is 6.56. The summed E-state index contributed by atoms with van der Waals surface area (Å²) in [6, 6.07) is 16.9. The highest BCUT2D eigenvalue weighted by Crippen LogP contribution is 2.37. The van der Waals surface area contributed by atoms with Gasteiger partial charge in [-0.2, -0.15) is 0 Å². The molecule has 0 unspecified atom stereocenters. The SMILES string of the molecule is CC(C)Oc1ccc(C(C)C)cc1Sc1ccccc1. The quantitative estimate of drug-likeness (QED) is 0.692. The number of ether oxygens (including phenoxy) is 1. The fraction of sp³-hybridized carbons (Fsp3) is 0.333. The Morgan fingerprint density at radius 1 is 0.900 bits per heavy atom. The van der Waals surface area contributed by atoms with Gasteiger partial charge in [-0.1, -0.05) is 49.9 Å². The third-order valence-corrected chi connectivity index (χ3v) is 4.01. The molecule has 0 atom stereocenters. The molecular formula is C18H22OS. The topological polar surface area (TPSA) is 9.23 Å². The van der Waals surface area contributed by atoms with Crippen LogP contribution in [-0.4, -0.2) is 6.10 Å². The van der Waals surface area contributed by atoms with Crippen LogP contribution in [-0.2, 0) is 0 Å². The molecule has 0 heterocycles. The minimum atomic E-state index is 0.190. The minimum absolute atomic E-state index is 0.190. The van der Waals surface area contributed by atoms with Gasteiger partial charge in [-0.15, -0.1) is 0 Å². The van der Waals surface area contributed by atoms with Crippen molar-refractivity contribution in [1.29, 1.82) is 0 Å². The van der Waals surface area contributed by atoms with Gasteiger partial charge in [-0.3, -0.25) is 0 Å². The molecule has 0 saturated carbocycles. The lowest BCUT2D eigenvalue weighted by Gasteiger charge is -2.16. The summed E-state index contributed by atoms with van der Waals surface area (Å²) in [6.45, 7) is 8.56. The Hall–Kier alpha value is -1.41. The van der Waals surface area contributed by atoms with Crippen LogP contribution in [0, 0.1) is 0 Å². The zero-order valence-corrected chi connectivity index (χ0v) is 13.4. The molecule has 2 aromatic rings. The van der Waals surface area contributed by atoms with Crippen LogP contribution >= 0.6 is 11.8 Å². The summed E-state index contributed by atoms with van der Waals surface area (Å²) in [6.07, 6.45) is 0.190. The Balaban J connectivity index is 2.33. The fourth-order valence-electron chi connectivity index (χ4n) is 1.93. The smallest absolute Gasteiger partial charge is 0.133 e. The highest BCUT2D eigenvalue weighted by atomic mass is 32.2. The van der Waals surface area contributed by atoms with Gasteiger partial charge in [0, 0.05) is 4.90 Å². The maximum atomic E-state index is 5.93. The van der Waals surface area contributed by atoms with E-state index in [4.69, 9.17) is 4.74 Å². The average Bonchev–Trinajstić information content (AvgIpc) is 2.41. The zero-order valence-electron chi connectivity index (χ0n) is 12.6. The van der Waals surface area contributed by atoms with Crippen LogP contribution in [0.1, 0.15) is 39.2 Å². The molecule has 0 N–H and O–H groups in total. The molecule has 0 spiro atoms. The van der Waals surface area contributed by atoms with Crippen LogP contribution in [0.25, 0.3) is 0 Å². The van der Waals surface area contributed by atoms with E-state index in [0.717, 1.165) is 5.75 Å². The Kier molecular flexibility index (Phi) is 5.13. The van der Waals surface area contributed by atoms with E-state index in [-0.39, 0.29) is 6.10 Å². The van der Waals surface area contributed by atoms with Crippen molar-refractivity contribution >= 4 is 11.8 Å². The summed E-state index contributed by atoms with van der Waals surface area (Å²) in [5, 5.41) is 0. The van der Waals surface area contributed by atoms with Crippen molar-refractivity contribution in [3.63, 3.8) is 0 Å². The lowest BCUT2D eigenvalue weighted by atomic mass is 10.0. The first-order chi connectivity index (χ1) is 9.56. The van der Waals surface area contributed by atoms with Gasteiger partial charge in [0.1, 0.15) is 5.75 Å². The molecule has 0 radical (unpaired) electrons. The molecule has 106 valence electrons. The average molecular weight is 286 g/mol. The predicted octanol–water partition coefficient (Wildman–Crippen LogP) is 5.75. The van der Waals surface area contributed by atoms with Crippen LogP contribution in [0.2, 0.25) is 0 Å². The van der Waals surface area contributed by atoms with Gasteiger partial charge in [0.25, 0.3) is 0 Å². The molecular weight excluding hydrogens is 264 g/mol. The van der Waals surface area contributed by atoms with Crippen LogP contribution in [0.15, 0.2) is 58.3 Å². The number of benzene rings is 2. The second-order valence-electron chi connectivity index (χ2n) is 5.44. The van der Waals surface area contributed by atoms with Gasteiger partial charge in [0.2, 0.25) is 0 Å². The third-order valence-electron chi connectivity index (χ3n) is 2.97. The van der Waals surface area contributed by atoms with E-state index in [1.807, 2.05) is 6.07 Å². The van der Waals surface area contributed by atoms with E-state index < -0.39 is 0 Å². The van der Waals surface area contributed by atoms with Crippen molar-refractivity contribution in [2.75, 3.05) is 0 Å². The van der Waals surface area contributed by atoms with E-state index in [2.05, 4.69) is 70.2 Å². The molecule has 0 fully saturated rings. The summed E-state index contributed by atoms with van der Waals surface area (Å²) < 4.78 is 5.93. The van der Waals surface area contributed by atoms with E-state index in [1.54, 1.807) is 11.8 Å². The van der Waals surface area contributed by atoms with Gasteiger partial charge in [0.15, 0.2) is 0 Å². The molecule has 2 rings (SSSR count). The largest absolute Gasteiger partial charge is 0.490 e. The molecule has 1 nitrogen and oxygen atoms in total. The summed E-state index contributed by atoms with van der Waals surface area (Å²) in [4.78, 5) is 2.43. The lowest BCUT2D eigenvalue weighted by molar-refractivity contribution is 0.236. The summed E-state index contributed by atoms with van der Waals surface area (Å²) in [5.41, 5.74) is 1.35. The normalized spacial score (nSPS) is 11.1. The highest BCUT2D eigenvalue weighted by molar-refractivity contribution is 7.99. The molecule has 0 saturated heterocycles. The van der Waals surface area contributed by atoms with E-state index in [1.165, 1.54) is 15.4 Å². The first-order valence-corrected chi connectivity index (χ1v) is 7.91. The molecule has 0 aromatic heterocycles. The van der Waals surface area contributed by atoms with Gasteiger partial charge in [0.05, 0.1) is 11.0 Å². The Morgan fingerprint density at radius 2 is 1.60 bits per heavy atom. The van der Waals surface area contributed by atoms with Crippen LogP contribution < -0.4 is 4.74 Å². The molecule has 0 aliphatic heterocycles. The molecule has 0 amide bonds. The van der Waals surface area contributed by atoms with Gasteiger partial charge in [-0.25, -0.2) is 0 Å². The maximum absolute atomic E-state index is 5.93. The number of hydrogen-bond donors (Lipinski definition) is 0. The van der Waals surface area contributed by atoms with Crippen LogP contribution in [0.4, 0.5) is 0 Å². The van der Waals surface area contributed by atoms with Gasteiger partial charge in [-0.05, 0) is 49.6 Å². The molecule has 0 aliphatic carbocycles. The highest BCUT2D eigenvalue weighted by Gasteiger charge is 2.10. The summed E-state index contributed by atoms with van der Waals surface area (Å²) in [7, 11) is 0. The molecule has 20 heavy (non-hydrogen) atoms. The van der Waals surface area contributed by atoms with Crippen molar-refractivity contribution in [1.82, 2.24) is 0 Å². The monoisotopic (exact) mass is 286 g/mol. The Bertz CT molecular complexity index is 547.